The molecule has 0 spiro atoms. The monoisotopic (exact) mass is 335 g/mol. The van der Waals surface area contributed by atoms with Crippen LogP contribution in [-0.4, -0.2) is 21.5 Å². The summed E-state index contributed by atoms with van der Waals surface area (Å²) in [6, 6.07) is 15.7. The molecule has 23 heavy (non-hydrogen) atoms. The maximum atomic E-state index is 11.8. The zero-order chi connectivity index (χ0) is 16.7. The Morgan fingerprint density at radius 2 is 1.70 bits per heavy atom. The number of nitrogens with one attached hydrogen (secondary N) is 1. The van der Waals surface area contributed by atoms with Crippen LogP contribution in [0.15, 0.2) is 54.6 Å². The van der Waals surface area contributed by atoms with Gasteiger partial charge in [-0.25, -0.2) is 0 Å². The molecular weight excluding hydrogens is 318 g/mol. The van der Waals surface area contributed by atoms with E-state index in [2.05, 4.69) is 8.91 Å². The van der Waals surface area contributed by atoms with Gasteiger partial charge >= 0.3 is 16.3 Å². The van der Waals surface area contributed by atoms with Crippen LogP contribution in [0.2, 0.25) is 0 Å². The first-order valence-corrected chi connectivity index (χ1v) is 8.29. The molecule has 0 aliphatic carbocycles. The summed E-state index contributed by atoms with van der Waals surface area (Å²) in [7, 11) is -2.69. The van der Waals surface area contributed by atoms with E-state index in [0.717, 1.165) is 0 Å². The number of benzene rings is 2. The second-order valence-corrected chi connectivity index (χ2v) is 6.07. The van der Waals surface area contributed by atoms with Crippen molar-refractivity contribution >= 4 is 16.3 Å². The zero-order valence-corrected chi connectivity index (χ0v) is 13.4. The Bertz CT molecular complexity index is 759. The number of carbonyl (C=O) groups excluding carboxylic acids is 1. The van der Waals surface area contributed by atoms with Crippen molar-refractivity contribution in [1.82, 2.24) is 4.72 Å². The van der Waals surface area contributed by atoms with Gasteiger partial charge < -0.3 is 8.92 Å². The van der Waals surface area contributed by atoms with Crippen LogP contribution in [-0.2, 0) is 32.2 Å². The number of hydrogen-bond acceptors (Lipinski definition) is 5. The molecule has 6 nitrogen and oxygen atoms in total. The van der Waals surface area contributed by atoms with Crippen molar-refractivity contribution in [3.8, 4) is 5.75 Å². The molecule has 0 aliphatic rings. The van der Waals surface area contributed by atoms with Crippen LogP contribution in [0, 0.1) is 0 Å². The van der Waals surface area contributed by atoms with Gasteiger partial charge in [0.1, 0.15) is 5.75 Å². The molecule has 0 amide bonds. The molecule has 0 saturated heterocycles. The minimum absolute atomic E-state index is 0.0367. The van der Waals surface area contributed by atoms with E-state index in [0.29, 0.717) is 16.9 Å². The van der Waals surface area contributed by atoms with Gasteiger partial charge in [-0.15, -0.1) is 0 Å². The number of methoxy groups -OCH3 is 1. The third-order valence-corrected chi connectivity index (χ3v) is 3.93. The molecule has 2 aromatic rings. The lowest BCUT2D eigenvalue weighted by Gasteiger charge is -2.10. The third-order valence-electron chi connectivity index (χ3n) is 3.03. The number of rotatable bonds is 7. The van der Waals surface area contributed by atoms with E-state index >= 15 is 0 Å². The molecule has 2 aromatic carbocycles. The van der Waals surface area contributed by atoms with E-state index in [1.54, 1.807) is 54.6 Å². The van der Waals surface area contributed by atoms with Crippen LogP contribution in [0.25, 0.3) is 0 Å². The molecule has 7 heteroatoms. The van der Waals surface area contributed by atoms with Gasteiger partial charge in [0.2, 0.25) is 0 Å². The standard InChI is InChI=1S/C16H17NO5S/c1-21-15-10-6-5-9-14(15)12-17-23(19,20)22-16(18)11-13-7-3-2-4-8-13/h2-10,17H,11-12H2,1H3. The highest BCUT2D eigenvalue weighted by molar-refractivity contribution is 7.85. The summed E-state index contributed by atoms with van der Waals surface area (Å²) in [5.41, 5.74) is 1.31. The van der Waals surface area contributed by atoms with Crippen molar-refractivity contribution in [1.29, 1.82) is 0 Å². The van der Waals surface area contributed by atoms with E-state index in [-0.39, 0.29) is 13.0 Å². The van der Waals surface area contributed by atoms with Crippen LogP contribution < -0.4 is 9.46 Å². The van der Waals surface area contributed by atoms with Crippen LogP contribution in [0.4, 0.5) is 0 Å². The lowest BCUT2D eigenvalue weighted by molar-refractivity contribution is -0.133. The van der Waals surface area contributed by atoms with Gasteiger partial charge in [-0.3, -0.25) is 4.79 Å². The first-order valence-electron chi connectivity index (χ1n) is 6.88. The average Bonchev–Trinajstić information content (AvgIpc) is 2.53. The van der Waals surface area contributed by atoms with Crippen molar-refractivity contribution in [2.75, 3.05) is 7.11 Å². The SMILES string of the molecule is COc1ccccc1CNS(=O)(=O)OC(=O)Cc1ccccc1. The molecule has 0 heterocycles. The molecule has 0 aliphatic heterocycles. The molecule has 0 fully saturated rings. The highest BCUT2D eigenvalue weighted by Crippen LogP contribution is 2.17. The zero-order valence-electron chi connectivity index (χ0n) is 12.6. The highest BCUT2D eigenvalue weighted by Gasteiger charge is 2.17. The van der Waals surface area contributed by atoms with Crippen LogP contribution >= 0.6 is 0 Å². The third kappa shape index (κ3) is 5.39. The Labute approximate surface area is 135 Å². The Morgan fingerprint density at radius 3 is 2.39 bits per heavy atom. The summed E-state index contributed by atoms with van der Waals surface area (Å²) in [5, 5.41) is 0. The maximum absolute atomic E-state index is 11.8. The first kappa shape index (κ1) is 17.0. The molecule has 0 radical (unpaired) electrons. The summed E-state index contributed by atoms with van der Waals surface area (Å²) in [5.74, 6) is -0.297. The van der Waals surface area contributed by atoms with Crippen LogP contribution in [0.3, 0.4) is 0 Å². The molecule has 0 aromatic heterocycles. The minimum Gasteiger partial charge on any atom is -0.496 e. The normalized spacial score (nSPS) is 11.0. The fourth-order valence-electron chi connectivity index (χ4n) is 1.96. The Morgan fingerprint density at radius 1 is 1.04 bits per heavy atom. The number of ether oxygens (including phenoxy) is 1. The van der Waals surface area contributed by atoms with E-state index in [1.165, 1.54) is 7.11 Å². The smallest absolute Gasteiger partial charge is 0.385 e. The fraction of sp³-hybridized carbons (Fsp3) is 0.188. The summed E-state index contributed by atoms with van der Waals surface area (Å²) in [6.07, 6.45) is -0.115. The molecule has 0 saturated carbocycles. The van der Waals surface area contributed by atoms with Gasteiger partial charge in [0.25, 0.3) is 0 Å². The lowest BCUT2D eigenvalue weighted by Crippen LogP contribution is -2.28. The lowest BCUT2D eigenvalue weighted by atomic mass is 10.2. The fourth-order valence-corrected chi connectivity index (χ4v) is 2.65. The van der Waals surface area contributed by atoms with Gasteiger partial charge in [-0.05, 0) is 11.6 Å². The van der Waals surface area contributed by atoms with Crippen molar-refractivity contribution in [3.63, 3.8) is 0 Å². The second-order valence-electron chi connectivity index (χ2n) is 4.70. The van der Waals surface area contributed by atoms with E-state index in [9.17, 15) is 13.2 Å². The average molecular weight is 335 g/mol. The molecule has 122 valence electrons. The van der Waals surface area contributed by atoms with Crippen molar-refractivity contribution in [3.05, 3.63) is 65.7 Å². The van der Waals surface area contributed by atoms with E-state index < -0.39 is 16.3 Å². The van der Waals surface area contributed by atoms with Gasteiger partial charge in [0.15, 0.2) is 0 Å². The predicted octanol–water partition coefficient (Wildman–Crippen LogP) is 1.82. The summed E-state index contributed by atoms with van der Waals surface area (Å²) >= 11 is 0. The number of hydrogen-bond donors (Lipinski definition) is 1. The summed E-state index contributed by atoms with van der Waals surface area (Å²) in [6.45, 7) is -0.0367. The number of para-hydroxylation sites is 1. The van der Waals surface area contributed by atoms with Gasteiger partial charge in [-0.1, -0.05) is 48.5 Å². The first-order chi connectivity index (χ1) is 11.0. The maximum Gasteiger partial charge on any atom is 0.385 e. The van der Waals surface area contributed by atoms with Gasteiger partial charge in [-0.2, -0.15) is 13.1 Å². The van der Waals surface area contributed by atoms with Crippen molar-refractivity contribution in [2.24, 2.45) is 0 Å². The van der Waals surface area contributed by atoms with Crippen molar-refractivity contribution < 1.29 is 22.1 Å². The predicted molar refractivity (Wildman–Crippen MR) is 85.0 cm³/mol. The molecular formula is C16H17NO5S. The quantitative estimate of drug-likeness (QED) is 0.834. The topological polar surface area (TPSA) is 81.7 Å². The van der Waals surface area contributed by atoms with Crippen LogP contribution in [0.1, 0.15) is 11.1 Å². The molecule has 0 bridgehead atoms. The van der Waals surface area contributed by atoms with Crippen LogP contribution in [0.5, 0.6) is 5.75 Å². The largest absolute Gasteiger partial charge is 0.496 e. The number of carbonyl (C=O) groups is 1. The Balaban J connectivity index is 1.93. The second kappa shape index (κ2) is 7.75. The van der Waals surface area contributed by atoms with E-state index in [4.69, 9.17) is 4.74 Å². The summed E-state index contributed by atoms with van der Waals surface area (Å²) < 4.78 is 35.5. The Kier molecular flexibility index (Phi) is 5.72. The Hall–Kier alpha value is -2.38. The molecule has 1 N–H and O–H groups in total. The van der Waals surface area contributed by atoms with E-state index in [1.807, 2.05) is 0 Å². The minimum atomic E-state index is -4.18. The molecule has 0 atom stereocenters. The van der Waals surface area contributed by atoms with Gasteiger partial charge in [0, 0.05) is 12.1 Å². The molecule has 0 unspecified atom stereocenters. The molecule has 2 rings (SSSR count). The highest BCUT2D eigenvalue weighted by atomic mass is 32.2. The van der Waals surface area contributed by atoms with Gasteiger partial charge in [0.05, 0.1) is 13.5 Å². The summed E-state index contributed by atoms with van der Waals surface area (Å²) in [4.78, 5) is 11.7. The van der Waals surface area contributed by atoms with Crippen molar-refractivity contribution in [2.45, 2.75) is 13.0 Å².